The van der Waals surface area contributed by atoms with E-state index in [1.807, 2.05) is 6.92 Å². The summed E-state index contributed by atoms with van der Waals surface area (Å²) >= 11 is 0. The lowest BCUT2D eigenvalue weighted by Gasteiger charge is -2.21. The van der Waals surface area contributed by atoms with Crippen LogP contribution in [0.25, 0.3) is 0 Å². The summed E-state index contributed by atoms with van der Waals surface area (Å²) in [5.74, 6) is -0.179. The fourth-order valence-electron chi connectivity index (χ4n) is 2.87. The average Bonchev–Trinajstić information content (AvgIpc) is 2.87. The Balaban J connectivity index is 2.14. The predicted molar refractivity (Wildman–Crippen MR) is 51.9 cm³/mol. The molecular formula is C11H18O3. The van der Waals surface area contributed by atoms with Crippen molar-refractivity contribution in [3.63, 3.8) is 0 Å². The zero-order chi connectivity index (χ0) is 10.2. The molecule has 0 aromatic heterocycles. The van der Waals surface area contributed by atoms with E-state index in [2.05, 4.69) is 0 Å². The first-order valence-corrected chi connectivity index (χ1v) is 5.49. The van der Waals surface area contributed by atoms with E-state index in [0.29, 0.717) is 0 Å². The Kier molecular flexibility index (Phi) is 2.30. The van der Waals surface area contributed by atoms with Gasteiger partial charge >= 0.3 is 5.97 Å². The highest BCUT2D eigenvalue weighted by atomic mass is 16.7. The third-order valence-electron chi connectivity index (χ3n) is 3.74. The van der Waals surface area contributed by atoms with Gasteiger partial charge in [0, 0.05) is 0 Å². The summed E-state index contributed by atoms with van der Waals surface area (Å²) in [6.07, 6.45) is 6.41. The average molecular weight is 198 g/mol. The topological polar surface area (TPSA) is 38.8 Å². The highest BCUT2D eigenvalue weighted by molar-refractivity contribution is 5.84. The van der Waals surface area contributed by atoms with Crippen LogP contribution in [0.5, 0.6) is 0 Å². The molecule has 80 valence electrons. The van der Waals surface area contributed by atoms with Crippen LogP contribution in [-0.2, 0) is 14.3 Å². The summed E-state index contributed by atoms with van der Waals surface area (Å²) in [5.41, 5.74) is -0.755. The minimum atomic E-state index is -0.595. The fourth-order valence-corrected chi connectivity index (χ4v) is 2.87. The fraction of sp³-hybridized carbons (Fsp3) is 0.909. The van der Waals surface area contributed by atoms with E-state index in [4.69, 9.17) is 9.47 Å². The molecule has 0 radical (unpaired) electrons. The van der Waals surface area contributed by atoms with E-state index < -0.39 is 5.60 Å². The maximum absolute atomic E-state index is 11.7. The quantitative estimate of drug-likeness (QED) is 0.503. The summed E-state index contributed by atoms with van der Waals surface area (Å²) in [6, 6.07) is 0. The van der Waals surface area contributed by atoms with Gasteiger partial charge in [-0.2, -0.15) is 0 Å². The summed E-state index contributed by atoms with van der Waals surface area (Å²) in [4.78, 5) is 11.7. The molecule has 2 rings (SSSR count). The van der Waals surface area contributed by atoms with Crippen molar-refractivity contribution in [3.05, 3.63) is 0 Å². The Morgan fingerprint density at radius 3 is 2.50 bits per heavy atom. The van der Waals surface area contributed by atoms with Gasteiger partial charge in [0.05, 0.1) is 7.11 Å². The molecule has 1 saturated heterocycles. The zero-order valence-corrected chi connectivity index (χ0v) is 8.97. The molecule has 3 heteroatoms. The molecule has 2 aliphatic rings. The van der Waals surface area contributed by atoms with Gasteiger partial charge in [-0.3, -0.25) is 0 Å². The molecule has 1 spiro atoms. The highest BCUT2D eigenvalue weighted by Gasteiger charge is 2.73. The van der Waals surface area contributed by atoms with Crippen molar-refractivity contribution in [2.45, 2.75) is 56.7 Å². The SMILES string of the molecule is CC[C@@]1(C(=O)OC)OC12CCCCC2. The van der Waals surface area contributed by atoms with Gasteiger partial charge in [-0.25, -0.2) is 4.79 Å². The van der Waals surface area contributed by atoms with Gasteiger partial charge in [-0.1, -0.05) is 26.2 Å². The number of hydrogen-bond acceptors (Lipinski definition) is 3. The van der Waals surface area contributed by atoms with Crippen LogP contribution in [0.15, 0.2) is 0 Å². The van der Waals surface area contributed by atoms with Crippen molar-refractivity contribution in [2.24, 2.45) is 0 Å². The first kappa shape index (κ1) is 9.97. The monoisotopic (exact) mass is 198 g/mol. The second kappa shape index (κ2) is 3.23. The molecule has 2 fully saturated rings. The van der Waals surface area contributed by atoms with Gasteiger partial charge in [0.15, 0.2) is 5.60 Å². The smallest absolute Gasteiger partial charge is 0.341 e. The Hall–Kier alpha value is -0.570. The van der Waals surface area contributed by atoms with Crippen LogP contribution in [0.4, 0.5) is 0 Å². The molecule has 0 aromatic carbocycles. The molecular weight excluding hydrogens is 180 g/mol. The lowest BCUT2D eigenvalue weighted by molar-refractivity contribution is -0.147. The summed E-state index contributed by atoms with van der Waals surface area (Å²) in [5, 5.41) is 0. The number of rotatable bonds is 2. The number of carbonyl (C=O) groups is 1. The minimum Gasteiger partial charge on any atom is -0.467 e. The summed E-state index contributed by atoms with van der Waals surface area (Å²) in [6.45, 7) is 2.00. The molecule has 1 saturated carbocycles. The molecule has 1 aliphatic carbocycles. The number of epoxide rings is 1. The maximum Gasteiger partial charge on any atom is 0.341 e. The third-order valence-corrected chi connectivity index (χ3v) is 3.74. The van der Waals surface area contributed by atoms with E-state index in [0.717, 1.165) is 19.3 Å². The van der Waals surface area contributed by atoms with Gasteiger partial charge in [0.25, 0.3) is 0 Å². The summed E-state index contributed by atoms with van der Waals surface area (Å²) in [7, 11) is 1.44. The van der Waals surface area contributed by atoms with Crippen molar-refractivity contribution >= 4 is 5.97 Å². The molecule has 3 nitrogen and oxygen atoms in total. The van der Waals surface area contributed by atoms with Gasteiger partial charge in [-0.15, -0.1) is 0 Å². The number of esters is 1. The van der Waals surface area contributed by atoms with E-state index in [1.54, 1.807) is 0 Å². The molecule has 0 bridgehead atoms. The van der Waals surface area contributed by atoms with Crippen molar-refractivity contribution in [1.82, 2.24) is 0 Å². The minimum absolute atomic E-state index is 0.160. The molecule has 1 atom stereocenters. The van der Waals surface area contributed by atoms with Crippen LogP contribution in [0.3, 0.4) is 0 Å². The van der Waals surface area contributed by atoms with Crippen molar-refractivity contribution in [3.8, 4) is 0 Å². The molecule has 0 amide bonds. The zero-order valence-electron chi connectivity index (χ0n) is 8.97. The standard InChI is InChI=1S/C11H18O3/c1-3-11(9(12)13-2)10(14-11)7-5-4-6-8-10/h3-8H2,1-2H3/t11-/m0/s1. The van der Waals surface area contributed by atoms with E-state index in [9.17, 15) is 4.79 Å². The van der Waals surface area contributed by atoms with Crippen molar-refractivity contribution in [1.29, 1.82) is 0 Å². The van der Waals surface area contributed by atoms with Crippen molar-refractivity contribution < 1.29 is 14.3 Å². The van der Waals surface area contributed by atoms with Crippen LogP contribution >= 0.6 is 0 Å². The van der Waals surface area contributed by atoms with Crippen LogP contribution in [0.1, 0.15) is 45.4 Å². The van der Waals surface area contributed by atoms with Gasteiger partial charge in [0.2, 0.25) is 0 Å². The Bertz CT molecular complexity index is 243. The molecule has 0 aromatic rings. The first-order valence-electron chi connectivity index (χ1n) is 5.49. The van der Waals surface area contributed by atoms with Crippen LogP contribution in [0.2, 0.25) is 0 Å². The molecule has 1 heterocycles. The van der Waals surface area contributed by atoms with Crippen LogP contribution in [0, 0.1) is 0 Å². The molecule has 1 aliphatic heterocycles. The van der Waals surface area contributed by atoms with Gasteiger partial charge < -0.3 is 9.47 Å². The Labute approximate surface area is 84.8 Å². The van der Waals surface area contributed by atoms with Crippen LogP contribution in [-0.4, -0.2) is 24.3 Å². The van der Waals surface area contributed by atoms with Crippen LogP contribution < -0.4 is 0 Å². The molecule has 14 heavy (non-hydrogen) atoms. The largest absolute Gasteiger partial charge is 0.467 e. The Morgan fingerprint density at radius 1 is 1.36 bits per heavy atom. The lowest BCUT2D eigenvalue weighted by Crippen LogP contribution is -2.36. The third kappa shape index (κ3) is 1.11. The molecule has 0 unspecified atom stereocenters. The maximum atomic E-state index is 11.7. The number of methoxy groups -OCH3 is 1. The number of hydrogen-bond donors (Lipinski definition) is 0. The predicted octanol–water partition coefficient (Wildman–Crippen LogP) is 2.04. The Morgan fingerprint density at radius 2 is 2.00 bits per heavy atom. The van der Waals surface area contributed by atoms with E-state index >= 15 is 0 Å². The van der Waals surface area contributed by atoms with E-state index in [-0.39, 0.29) is 11.6 Å². The normalized spacial score (nSPS) is 34.1. The first-order chi connectivity index (χ1) is 6.71. The van der Waals surface area contributed by atoms with Gasteiger partial charge in [0.1, 0.15) is 5.60 Å². The van der Waals surface area contributed by atoms with Crippen molar-refractivity contribution in [2.75, 3.05) is 7.11 Å². The lowest BCUT2D eigenvalue weighted by atomic mass is 9.79. The van der Waals surface area contributed by atoms with Gasteiger partial charge in [-0.05, 0) is 19.3 Å². The number of ether oxygens (including phenoxy) is 2. The van der Waals surface area contributed by atoms with E-state index in [1.165, 1.54) is 26.4 Å². The molecule has 0 N–H and O–H groups in total. The second-order valence-corrected chi connectivity index (χ2v) is 4.33. The second-order valence-electron chi connectivity index (χ2n) is 4.33. The number of carbonyl (C=O) groups excluding carboxylic acids is 1. The highest BCUT2D eigenvalue weighted by Crippen LogP contribution is 2.58. The summed E-state index contributed by atoms with van der Waals surface area (Å²) < 4.78 is 10.6.